The number of H-pyrrole nitrogens is 1. The average Bonchev–Trinajstić information content (AvgIpc) is 2.83. The first kappa shape index (κ1) is 14.3. The summed E-state index contributed by atoms with van der Waals surface area (Å²) in [5, 5.41) is 3.73. The summed E-state index contributed by atoms with van der Waals surface area (Å²) in [5.74, 6) is -0.413. The van der Waals surface area contributed by atoms with E-state index in [9.17, 15) is 9.18 Å². The van der Waals surface area contributed by atoms with Crippen molar-refractivity contribution in [1.82, 2.24) is 15.3 Å². The van der Waals surface area contributed by atoms with Gasteiger partial charge >= 0.3 is 0 Å². The quantitative estimate of drug-likeness (QED) is 0.778. The van der Waals surface area contributed by atoms with Crippen LogP contribution in [0, 0.1) is 12.7 Å². The van der Waals surface area contributed by atoms with Gasteiger partial charge in [0.2, 0.25) is 0 Å². The summed E-state index contributed by atoms with van der Waals surface area (Å²) >= 11 is 0. The van der Waals surface area contributed by atoms with Crippen molar-refractivity contribution in [2.75, 3.05) is 6.54 Å². The Labute approximate surface area is 127 Å². The van der Waals surface area contributed by atoms with Crippen LogP contribution in [0.4, 0.5) is 4.39 Å². The number of pyridine rings is 1. The number of rotatable bonds is 4. The van der Waals surface area contributed by atoms with Gasteiger partial charge < -0.3 is 10.3 Å². The van der Waals surface area contributed by atoms with E-state index in [0.29, 0.717) is 18.5 Å². The SMILES string of the molecule is Cc1[nH]c2ccc(F)cc2c1CCNC(=O)c1cccnc1. The Morgan fingerprint density at radius 2 is 2.23 bits per heavy atom. The van der Waals surface area contributed by atoms with Crippen molar-refractivity contribution in [1.29, 1.82) is 0 Å². The molecule has 5 heteroatoms. The van der Waals surface area contributed by atoms with Crippen LogP contribution in [0.15, 0.2) is 42.7 Å². The van der Waals surface area contributed by atoms with Crippen LogP contribution in [0.25, 0.3) is 10.9 Å². The molecule has 0 fully saturated rings. The van der Waals surface area contributed by atoms with Crippen LogP contribution in [0.2, 0.25) is 0 Å². The molecule has 1 aromatic carbocycles. The number of aryl methyl sites for hydroxylation is 1. The minimum Gasteiger partial charge on any atom is -0.358 e. The molecule has 0 radical (unpaired) electrons. The normalized spacial score (nSPS) is 10.8. The summed E-state index contributed by atoms with van der Waals surface area (Å²) in [6, 6.07) is 8.13. The summed E-state index contributed by atoms with van der Waals surface area (Å²) in [7, 11) is 0. The van der Waals surface area contributed by atoms with Crippen LogP contribution >= 0.6 is 0 Å². The van der Waals surface area contributed by atoms with Crippen molar-refractivity contribution in [2.24, 2.45) is 0 Å². The summed E-state index contributed by atoms with van der Waals surface area (Å²) in [6.07, 6.45) is 3.80. The van der Waals surface area contributed by atoms with Crippen LogP contribution < -0.4 is 5.32 Å². The molecule has 22 heavy (non-hydrogen) atoms. The molecule has 0 aliphatic heterocycles. The van der Waals surface area contributed by atoms with Crippen LogP contribution in [0.3, 0.4) is 0 Å². The minimum absolute atomic E-state index is 0.156. The number of hydrogen-bond donors (Lipinski definition) is 2. The van der Waals surface area contributed by atoms with E-state index in [0.717, 1.165) is 22.2 Å². The van der Waals surface area contributed by atoms with Gasteiger partial charge in [0, 0.05) is 35.5 Å². The van der Waals surface area contributed by atoms with Crippen molar-refractivity contribution in [3.63, 3.8) is 0 Å². The fourth-order valence-corrected chi connectivity index (χ4v) is 2.58. The highest BCUT2D eigenvalue weighted by Crippen LogP contribution is 2.23. The first-order valence-corrected chi connectivity index (χ1v) is 7.10. The molecular formula is C17H16FN3O. The molecule has 4 nitrogen and oxygen atoms in total. The molecule has 0 unspecified atom stereocenters. The van der Waals surface area contributed by atoms with Crippen LogP contribution in [-0.4, -0.2) is 22.4 Å². The number of aromatic amines is 1. The van der Waals surface area contributed by atoms with Gasteiger partial charge in [0.15, 0.2) is 0 Å². The summed E-state index contributed by atoms with van der Waals surface area (Å²) in [6.45, 7) is 2.44. The summed E-state index contributed by atoms with van der Waals surface area (Å²) in [5.41, 5.74) is 3.47. The lowest BCUT2D eigenvalue weighted by atomic mass is 10.1. The molecule has 112 valence electrons. The molecule has 0 aliphatic carbocycles. The second kappa shape index (κ2) is 5.97. The van der Waals surface area contributed by atoms with Crippen LogP contribution in [-0.2, 0) is 6.42 Å². The van der Waals surface area contributed by atoms with Crippen molar-refractivity contribution in [3.8, 4) is 0 Å². The zero-order valence-corrected chi connectivity index (χ0v) is 12.2. The smallest absolute Gasteiger partial charge is 0.252 e. The van der Waals surface area contributed by atoms with Gasteiger partial charge in [-0.3, -0.25) is 9.78 Å². The Balaban J connectivity index is 1.71. The third-order valence-electron chi connectivity index (χ3n) is 3.67. The van der Waals surface area contributed by atoms with E-state index in [1.807, 2.05) is 6.92 Å². The average molecular weight is 297 g/mol. The largest absolute Gasteiger partial charge is 0.358 e. The number of nitrogens with one attached hydrogen (secondary N) is 2. The number of hydrogen-bond acceptors (Lipinski definition) is 2. The lowest BCUT2D eigenvalue weighted by molar-refractivity contribution is 0.0954. The maximum absolute atomic E-state index is 13.4. The number of halogens is 1. The Bertz CT molecular complexity index is 811. The fourth-order valence-electron chi connectivity index (χ4n) is 2.58. The second-order valence-electron chi connectivity index (χ2n) is 5.17. The van der Waals surface area contributed by atoms with E-state index in [1.54, 1.807) is 24.4 Å². The zero-order valence-electron chi connectivity index (χ0n) is 12.2. The minimum atomic E-state index is -0.257. The third-order valence-corrected chi connectivity index (χ3v) is 3.67. The molecule has 0 atom stereocenters. The Hall–Kier alpha value is -2.69. The third kappa shape index (κ3) is 2.83. The molecule has 0 saturated carbocycles. The number of carbonyl (C=O) groups excluding carboxylic acids is 1. The van der Waals surface area contributed by atoms with Crippen LogP contribution in [0.5, 0.6) is 0 Å². The number of fused-ring (bicyclic) bond motifs is 1. The lowest BCUT2D eigenvalue weighted by Crippen LogP contribution is -2.25. The molecule has 0 spiro atoms. The van der Waals surface area contributed by atoms with Crippen molar-refractivity contribution in [2.45, 2.75) is 13.3 Å². The van der Waals surface area contributed by atoms with Gasteiger partial charge in [0.05, 0.1) is 5.56 Å². The van der Waals surface area contributed by atoms with Gasteiger partial charge in [-0.15, -0.1) is 0 Å². The van der Waals surface area contributed by atoms with Gasteiger partial charge in [0.25, 0.3) is 5.91 Å². The Kier molecular flexibility index (Phi) is 3.87. The Morgan fingerprint density at radius 3 is 3.00 bits per heavy atom. The number of amides is 1. The molecule has 0 saturated heterocycles. The van der Waals surface area contributed by atoms with Crippen molar-refractivity contribution < 1.29 is 9.18 Å². The van der Waals surface area contributed by atoms with Crippen LogP contribution in [0.1, 0.15) is 21.6 Å². The monoisotopic (exact) mass is 297 g/mol. The predicted octanol–water partition coefficient (Wildman–Crippen LogP) is 2.98. The van der Waals surface area contributed by atoms with E-state index in [2.05, 4.69) is 15.3 Å². The number of nitrogens with zero attached hydrogens (tertiary/aromatic N) is 1. The highest BCUT2D eigenvalue weighted by Gasteiger charge is 2.10. The highest BCUT2D eigenvalue weighted by molar-refractivity contribution is 5.93. The van der Waals surface area contributed by atoms with Gasteiger partial charge in [-0.2, -0.15) is 0 Å². The molecule has 1 amide bonds. The number of aromatic nitrogens is 2. The molecular weight excluding hydrogens is 281 g/mol. The lowest BCUT2D eigenvalue weighted by Gasteiger charge is -2.05. The standard InChI is InChI=1S/C17H16FN3O/c1-11-14(15-9-13(18)4-5-16(15)21-11)6-8-20-17(22)12-3-2-7-19-10-12/h2-5,7,9-10,21H,6,8H2,1H3,(H,20,22). The maximum atomic E-state index is 13.4. The molecule has 2 aromatic heterocycles. The molecule has 0 bridgehead atoms. The summed E-state index contributed by atoms with van der Waals surface area (Å²) in [4.78, 5) is 19.1. The predicted molar refractivity (Wildman–Crippen MR) is 83.3 cm³/mol. The number of benzene rings is 1. The summed E-state index contributed by atoms with van der Waals surface area (Å²) < 4.78 is 13.4. The maximum Gasteiger partial charge on any atom is 0.252 e. The molecule has 2 heterocycles. The molecule has 3 aromatic rings. The van der Waals surface area contributed by atoms with E-state index in [4.69, 9.17) is 0 Å². The van der Waals surface area contributed by atoms with Crippen molar-refractivity contribution >= 4 is 16.8 Å². The highest BCUT2D eigenvalue weighted by atomic mass is 19.1. The van der Waals surface area contributed by atoms with Crippen molar-refractivity contribution in [3.05, 3.63) is 65.4 Å². The van der Waals surface area contributed by atoms with E-state index < -0.39 is 0 Å². The van der Waals surface area contributed by atoms with E-state index in [-0.39, 0.29) is 11.7 Å². The zero-order chi connectivity index (χ0) is 15.5. The number of carbonyl (C=O) groups is 1. The van der Waals surface area contributed by atoms with Gasteiger partial charge in [0.1, 0.15) is 5.82 Å². The van der Waals surface area contributed by atoms with E-state index in [1.165, 1.54) is 18.3 Å². The fraction of sp³-hybridized carbons (Fsp3) is 0.176. The van der Waals surface area contributed by atoms with Gasteiger partial charge in [-0.25, -0.2) is 4.39 Å². The van der Waals surface area contributed by atoms with E-state index >= 15 is 0 Å². The molecule has 2 N–H and O–H groups in total. The van der Waals surface area contributed by atoms with Gasteiger partial charge in [-0.1, -0.05) is 0 Å². The van der Waals surface area contributed by atoms with Gasteiger partial charge in [-0.05, 0) is 49.2 Å². The first-order valence-electron chi connectivity index (χ1n) is 7.10. The molecule has 3 rings (SSSR count). The topological polar surface area (TPSA) is 57.8 Å². The first-order chi connectivity index (χ1) is 10.6. The molecule has 0 aliphatic rings. The Morgan fingerprint density at radius 1 is 1.36 bits per heavy atom. The second-order valence-corrected chi connectivity index (χ2v) is 5.17.